The summed E-state index contributed by atoms with van der Waals surface area (Å²) < 4.78 is 1.46. The average molecular weight is 510 g/mol. The summed E-state index contributed by atoms with van der Waals surface area (Å²) in [6.07, 6.45) is 26.7. The van der Waals surface area contributed by atoms with Crippen molar-refractivity contribution in [2.24, 2.45) is 0 Å². The van der Waals surface area contributed by atoms with E-state index in [4.69, 9.17) is 0 Å². The van der Waals surface area contributed by atoms with Crippen LogP contribution in [0.3, 0.4) is 0 Å². The van der Waals surface area contributed by atoms with Crippen molar-refractivity contribution in [3.05, 3.63) is 0 Å². The number of hydrogen-bond donors (Lipinski definition) is 0. The van der Waals surface area contributed by atoms with Crippen molar-refractivity contribution in [2.75, 3.05) is 0 Å². The summed E-state index contributed by atoms with van der Waals surface area (Å²) in [4.78, 5) is 0. The molecule has 0 N–H and O–H groups in total. The maximum absolute atomic E-state index is 2.30. The second-order valence-corrected chi connectivity index (χ2v) is 8.19. The number of halogens is 3. The second kappa shape index (κ2) is 32.3. The molecule has 0 fully saturated rings. The van der Waals surface area contributed by atoms with Gasteiger partial charge < -0.3 is 0 Å². The number of unbranched alkanes of at least 4 members (excludes halogenated alkanes) is 17. The Morgan fingerprint density at radius 1 is 0.375 bits per heavy atom. The SMILES string of the molecule is CCCCCCCCCCCCCCCCCCC[CH2][Sn].Cl.Cl.Cl. The Morgan fingerprint density at radius 2 is 0.583 bits per heavy atom. The molecule has 0 heterocycles. The molecule has 0 aromatic heterocycles. The molecule has 0 unspecified atom stereocenters. The van der Waals surface area contributed by atoms with Crippen LogP contribution < -0.4 is 0 Å². The molecule has 149 valence electrons. The van der Waals surface area contributed by atoms with Crippen LogP contribution in [0.2, 0.25) is 4.44 Å². The van der Waals surface area contributed by atoms with Gasteiger partial charge in [-0.05, 0) is 0 Å². The summed E-state index contributed by atoms with van der Waals surface area (Å²) in [5, 5.41) is 0. The van der Waals surface area contributed by atoms with Gasteiger partial charge in [-0.2, -0.15) is 0 Å². The fourth-order valence-electron chi connectivity index (χ4n) is 3.03. The molecule has 0 nitrogen and oxygen atoms in total. The molecule has 0 saturated carbocycles. The Bertz CT molecular complexity index is 162. The second-order valence-electron chi connectivity index (χ2n) is 6.76. The summed E-state index contributed by atoms with van der Waals surface area (Å²) in [5.41, 5.74) is 0. The molecule has 0 aliphatic carbocycles. The third-order valence-electron chi connectivity index (χ3n) is 4.53. The first-order valence-electron chi connectivity index (χ1n) is 10.1. The summed E-state index contributed by atoms with van der Waals surface area (Å²) >= 11 is 1.72. The Labute approximate surface area is 185 Å². The van der Waals surface area contributed by atoms with E-state index in [1.807, 2.05) is 0 Å². The molecule has 0 aliphatic heterocycles. The average Bonchev–Trinajstić information content (AvgIpc) is 2.50. The van der Waals surface area contributed by atoms with Crippen LogP contribution in [-0.4, -0.2) is 22.5 Å². The summed E-state index contributed by atoms with van der Waals surface area (Å²) in [5.74, 6) is 0. The topological polar surface area (TPSA) is 0 Å². The van der Waals surface area contributed by atoms with E-state index >= 15 is 0 Å². The molecule has 4 heteroatoms. The molecule has 3 radical (unpaired) electrons. The van der Waals surface area contributed by atoms with Gasteiger partial charge in [-0.15, -0.1) is 37.2 Å². The van der Waals surface area contributed by atoms with E-state index in [9.17, 15) is 0 Å². The van der Waals surface area contributed by atoms with Crippen molar-refractivity contribution in [1.82, 2.24) is 0 Å². The van der Waals surface area contributed by atoms with Gasteiger partial charge in [-0.1, -0.05) is 51.9 Å². The minimum Gasteiger partial charge on any atom is -0.147 e. The zero-order valence-corrected chi connectivity index (χ0v) is 21.5. The van der Waals surface area contributed by atoms with Crippen molar-refractivity contribution < 1.29 is 0 Å². The van der Waals surface area contributed by atoms with E-state index in [-0.39, 0.29) is 37.2 Å². The Balaban J connectivity index is -0.000000667. The normalized spacial score (nSPS) is 9.75. The molecular weight excluding hydrogens is 465 g/mol. The van der Waals surface area contributed by atoms with Crippen LogP contribution in [0.5, 0.6) is 0 Å². The van der Waals surface area contributed by atoms with Crippen LogP contribution in [0.1, 0.15) is 122 Å². The molecule has 0 bridgehead atoms. The first kappa shape index (κ1) is 33.3. The monoisotopic (exact) mass is 509 g/mol. The molecule has 0 saturated heterocycles. The van der Waals surface area contributed by atoms with Crippen LogP contribution in [-0.2, 0) is 0 Å². The van der Waals surface area contributed by atoms with E-state index in [2.05, 4.69) is 6.92 Å². The van der Waals surface area contributed by atoms with E-state index in [1.165, 1.54) is 120 Å². The maximum atomic E-state index is 2.30. The predicted octanol–water partition coefficient (Wildman–Crippen LogP) is 8.88. The van der Waals surface area contributed by atoms with Crippen molar-refractivity contribution in [2.45, 2.75) is 127 Å². The summed E-state index contributed by atoms with van der Waals surface area (Å²) in [6.45, 7) is 2.30. The van der Waals surface area contributed by atoms with E-state index in [1.54, 1.807) is 22.5 Å². The molecule has 24 heavy (non-hydrogen) atoms. The largest absolute Gasteiger partial charge is 0.147 e. The molecule has 0 rings (SSSR count). The van der Waals surface area contributed by atoms with Gasteiger partial charge in [-0.3, -0.25) is 0 Å². The third-order valence-corrected chi connectivity index (χ3v) is 5.54. The first-order valence-corrected chi connectivity index (χ1v) is 12.1. The van der Waals surface area contributed by atoms with Crippen LogP contribution in [0.25, 0.3) is 0 Å². The summed E-state index contributed by atoms with van der Waals surface area (Å²) in [6, 6.07) is 0. The smallest absolute Gasteiger partial charge is 0.147 e. The quantitative estimate of drug-likeness (QED) is 0.128. The zero-order valence-electron chi connectivity index (χ0n) is 16.2. The van der Waals surface area contributed by atoms with Gasteiger partial charge >= 0.3 is 97.6 Å². The predicted molar refractivity (Wildman–Crippen MR) is 121 cm³/mol. The van der Waals surface area contributed by atoms with Crippen LogP contribution >= 0.6 is 37.2 Å². The molecule has 0 atom stereocenters. The van der Waals surface area contributed by atoms with Crippen LogP contribution in [0, 0.1) is 0 Å². The molecule has 0 aromatic rings. The third kappa shape index (κ3) is 31.4. The molecule has 0 aromatic carbocycles. The van der Waals surface area contributed by atoms with Crippen molar-refractivity contribution >= 4 is 59.7 Å². The standard InChI is InChI=1S/C20H41.3ClH.Sn/c1-3-5-7-9-11-13-15-17-19-20-18-16-14-12-10-8-6-4-2;;;;/h1,3-20H2,2H3;3*1H;. The Kier molecular flexibility index (Phi) is 44.8. The fourth-order valence-corrected chi connectivity index (χ4v) is 3.74. The molecule has 0 spiro atoms. The number of hydrogen-bond acceptors (Lipinski definition) is 0. The van der Waals surface area contributed by atoms with Crippen LogP contribution in [0.4, 0.5) is 0 Å². The van der Waals surface area contributed by atoms with Crippen molar-refractivity contribution in [1.29, 1.82) is 0 Å². The molecule has 0 amide bonds. The van der Waals surface area contributed by atoms with Gasteiger partial charge in [0.25, 0.3) is 0 Å². The minimum absolute atomic E-state index is 0. The van der Waals surface area contributed by atoms with Gasteiger partial charge in [0.2, 0.25) is 0 Å². The van der Waals surface area contributed by atoms with E-state index in [0.29, 0.717) is 0 Å². The van der Waals surface area contributed by atoms with Gasteiger partial charge in [-0.25, -0.2) is 0 Å². The fraction of sp³-hybridized carbons (Fsp3) is 1.00. The van der Waals surface area contributed by atoms with E-state index < -0.39 is 0 Å². The zero-order chi connectivity index (χ0) is 15.4. The first-order chi connectivity index (χ1) is 10.4. The minimum atomic E-state index is 0. The van der Waals surface area contributed by atoms with Gasteiger partial charge in [0, 0.05) is 0 Å². The Morgan fingerprint density at radius 3 is 0.792 bits per heavy atom. The van der Waals surface area contributed by atoms with E-state index in [0.717, 1.165) is 0 Å². The summed E-state index contributed by atoms with van der Waals surface area (Å²) in [7, 11) is 0. The molecular formula is C20H44Cl3Sn. The van der Waals surface area contributed by atoms with Gasteiger partial charge in [0.15, 0.2) is 0 Å². The van der Waals surface area contributed by atoms with Gasteiger partial charge in [0.1, 0.15) is 0 Å². The van der Waals surface area contributed by atoms with Crippen molar-refractivity contribution in [3.8, 4) is 0 Å². The number of rotatable bonds is 18. The van der Waals surface area contributed by atoms with Gasteiger partial charge in [0.05, 0.1) is 0 Å². The molecule has 0 aliphatic rings. The maximum Gasteiger partial charge on any atom is -0.147 e. The van der Waals surface area contributed by atoms with Crippen LogP contribution in [0.15, 0.2) is 0 Å². The Hall–Kier alpha value is 1.67. The van der Waals surface area contributed by atoms with Crippen molar-refractivity contribution in [3.63, 3.8) is 0 Å².